The zero-order chi connectivity index (χ0) is 13.5. The maximum Gasteiger partial charge on any atom is 0.303 e. The second-order valence-corrected chi connectivity index (χ2v) is 5.53. The van der Waals surface area contributed by atoms with Gasteiger partial charge in [-0.1, -0.05) is 20.8 Å². The minimum atomic E-state index is -0.183. The maximum absolute atomic E-state index is 10.9. The highest BCUT2D eigenvalue weighted by molar-refractivity contribution is 5.66. The highest BCUT2D eigenvalue weighted by atomic mass is 16.6. The van der Waals surface area contributed by atoms with Gasteiger partial charge in [-0.05, 0) is 51.0 Å². The summed E-state index contributed by atoms with van der Waals surface area (Å²) in [4.78, 5) is 10.9. The van der Waals surface area contributed by atoms with E-state index in [1.807, 2.05) is 6.92 Å². The van der Waals surface area contributed by atoms with Crippen LogP contribution in [0.15, 0.2) is 0 Å². The molecule has 0 radical (unpaired) electrons. The Bertz CT molecular complexity index is 218. The minimum absolute atomic E-state index is 0.143. The van der Waals surface area contributed by atoms with Crippen LogP contribution in [0.4, 0.5) is 0 Å². The second kappa shape index (κ2) is 7.70. The van der Waals surface area contributed by atoms with E-state index in [9.17, 15) is 4.79 Å². The molecular formula is C14H29NO2. The molecule has 0 amide bonds. The molecule has 0 aliphatic heterocycles. The summed E-state index contributed by atoms with van der Waals surface area (Å²) in [6, 6.07) is 0. The quantitative estimate of drug-likeness (QED) is 0.758. The van der Waals surface area contributed by atoms with Crippen LogP contribution in [0.3, 0.4) is 0 Å². The summed E-state index contributed by atoms with van der Waals surface area (Å²) < 4.78 is 5.37. The van der Waals surface area contributed by atoms with Gasteiger partial charge in [0.1, 0.15) is 5.60 Å². The molecule has 3 nitrogen and oxygen atoms in total. The van der Waals surface area contributed by atoms with E-state index in [-0.39, 0.29) is 11.6 Å². The van der Waals surface area contributed by atoms with Gasteiger partial charge in [0.05, 0.1) is 0 Å². The topological polar surface area (TPSA) is 52.3 Å². The van der Waals surface area contributed by atoms with E-state index in [1.165, 1.54) is 19.8 Å². The van der Waals surface area contributed by atoms with E-state index in [0.717, 1.165) is 31.2 Å². The van der Waals surface area contributed by atoms with Crippen molar-refractivity contribution >= 4 is 5.97 Å². The lowest BCUT2D eigenvalue weighted by molar-refractivity contribution is -0.159. The average molecular weight is 243 g/mol. The van der Waals surface area contributed by atoms with Gasteiger partial charge in [-0.3, -0.25) is 4.79 Å². The molecule has 1 aliphatic rings. The molecule has 102 valence electrons. The summed E-state index contributed by atoms with van der Waals surface area (Å²) in [5.41, 5.74) is 4.66. The molecule has 0 aromatic carbocycles. The largest absolute Gasteiger partial charge is 0.460 e. The lowest BCUT2D eigenvalue weighted by Crippen LogP contribution is -2.36. The summed E-state index contributed by atoms with van der Waals surface area (Å²) >= 11 is 0. The Labute approximate surface area is 106 Å². The Morgan fingerprint density at radius 1 is 1.41 bits per heavy atom. The fourth-order valence-corrected chi connectivity index (χ4v) is 2.37. The summed E-state index contributed by atoms with van der Waals surface area (Å²) in [5, 5.41) is 0. The van der Waals surface area contributed by atoms with E-state index in [1.54, 1.807) is 0 Å². The molecule has 0 bridgehead atoms. The predicted octanol–water partition coefficient (Wildman–Crippen LogP) is 3.12. The molecular weight excluding hydrogens is 214 g/mol. The molecule has 17 heavy (non-hydrogen) atoms. The normalized spacial score (nSPS) is 28.3. The lowest BCUT2D eigenvalue weighted by Gasteiger charge is -2.37. The van der Waals surface area contributed by atoms with E-state index >= 15 is 0 Å². The molecule has 1 rings (SSSR count). The third-order valence-electron chi connectivity index (χ3n) is 3.42. The smallest absolute Gasteiger partial charge is 0.303 e. The van der Waals surface area contributed by atoms with Crippen LogP contribution in [0.25, 0.3) is 0 Å². The van der Waals surface area contributed by atoms with E-state index in [0.29, 0.717) is 0 Å². The van der Waals surface area contributed by atoms with Crippen molar-refractivity contribution in [2.75, 3.05) is 6.54 Å². The Balaban J connectivity index is 0.000000770. The van der Waals surface area contributed by atoms with Crippen LogP contribution < -0.4 is 5.73 Å². The Morgan fingerprint density at radius 3 is 2.12 bits per heavy atom. The van der Waals surface area contributed by atoms with Crippen molar-refractivity contribution in [2.45, 2.75) is 65.9 Å². The van der Waals surface area contributed by atoms with Crippen LogP contribution in [0.5, 0.6) is 0 Å². The highest BCUT2D eigenvalue weighted by Crippen LogP contribution is 2.37. The standard InChI is InChI=1S/C12H22O2.C2H7N/c1-9(2)11-5-7-12(4,8-6-11)14-10(3)13;1-2-3/h9,11H,5-8H2,1-4H3;2-3H2,1H3. The van der Waals surface area contributed by atoms with Crippen molar-refractivity contribution in [2.24, 2.45) is 17.6 Å². The molecule has 0 unspecified atom stereocenters. The van der Waals surface area contributed by atoms with Gasteiger partial charge in [0.25, 0.3) is 0 Å². The van der Waals surface area contributed by atoms with Gasteiger partial charge in [0, 0.05) is 6.92 Å². The molecule has 1 fully saturated rings. The number of ether oxygens (including phenoxy) is 1. The van der Waals surface area contributed by atoms with E-state index in [4.69, 9.17) is 10.5 Å². The number of nitrogens with two attached hydrogens (primary N) is 1. The number of carbonyl (C=O) groups is 1. The molecule has 0 aromatic heterocycles. The summed E-state index contributed by atoms with van der Waals surface area (Å²) in [6.07, 6.45) is 4.44. The van der Waals surface area contributed by atoms with Gasteiger partial charge >= 0.3 is 5.97 Å². The molecule has 0 aromatic rings. The average Bonchev–Trinajstić information content (AvgIpc) is 2.17. The Hall–Kier alpha value is -0.570. The van der Waals surface area contributed by atoms with Crippen LogP contribution in [-0.2, 0) is 9.53 Å². The van der Waals surface area contributed by atoms with Crippen LogP contribution in [0, 0.1) is 11.8 Å². The first-order valence-electron chi connectivity index (χ1n) is 6.74. The van der Waals surface area contributed by atoms with Crippen molar-refractivity contribution in [1.82, 2.24) is 0 Å². The highest BCUT2D eigenvalue weighted by Gasteiger charge is 2.34. The third kappa shape index (κ3) is 6.67. The molecule has 2 N–H and O–H groups in total. The predicted molar refractivity (Wildman–Crippen MR) is 71.7 cm³/mol. The first kappa shape index (κ1) is 16.4. The number of esters is 1. The number of rotatable bonds is 2. The SMILES string of the molecule is CC(=O)OC1(C)CCC(C(C)C)CC1.CCN. The van der Waals surface area contributed by atoms with Crippen molar-refractivity contribution in [1.29, 1.82) is 0 Å². The first-order valence-corrected chi connectivity index (χ1v) is 6.74. The van der Waals surface area contributed by atoms with Gasteiger partial charge in [0.2, 0.25) is 0 Å². The maximum atomic E-state index is 10.9. The monoisotopic (exact) mass is 243 g/mol. The van der Waals surface area contributed by atoms with Gasteiger partial charge in [-0.25, -0.2) is 0 Å². The number of carbonyl (C=O) groups excluding carboxylic acids is 1. The summed E-state index contributed by atoms with van der Waals surface area (Å²) in [5.74, 6) is 1.44. The number of hydrogen-bond acceptors (Lipinski definition) is 3. The van der Waals surface area contributed by atoms with Crippen molar-refractivity contribution in [3.8, 4) is 0 Å². The molecule has 1 saturated carbocycles. The van der Waals surface area contributed by atoms with Gasteiger partial charge in [0.15, 0.2) is 0 Å². The summed E-state index contributed by atoms with van der Waals surface area (Å²) in [6.45, 7) is 10.8. The van der Waals surface area contributed by atoms with Gasteiger partial charge < -0.3 is 10.5 Å². The van der Waals surface area contributed by atoms with Crippen LogP contribution in [0.1, 0.15) is 60.3 Å². The van der Waals surface area contributed by atoms with E-state index < -0.39 is 0 Å². The minimum Gasteiger partial charge on any atom is -0.460 e. The zero-order valence-electron chi connectivity index (χ0n) is 12.1. The fraction of sp³-hybridized carbons (Fsp3) is 0.929. The second-order valence-electron chi connectivity index (χ2n) is 5.53. The summed E-state index contributed by atoms with van der Waals surface area (Å²) in [7, 11) is 0. The zero-order valence-corrected chi connectivity index (χ0v) is 12.1. The molecule has 0 saturated heterocycles. The number of hydrogen-bond donors (Lipinski definition) is 1. The van der Waals surface area contributed by atoms with Crippen LogP contribution >= 0.6 is 0 Å². The van der Waals surface area contributed by atoms with E-state index in [2.05, 4.69) is 20.8 Å². The Kier molecular flexibility index (Phi) is 7.44. The van der Waals surface area contributed by atoms with Gasteiger partial charge in [-0.2, -0.15) is 0 Å². The van der Waals surface area contributed by atoms with Gasteiger partial charge in [-0.15, -0.1) is 0 Å². The van der Waals surface area contributed by atoms with Crippen molar-refractivity contribution in [3.05, 3.63) is 0 Å². The fourth-order valence-electron chi connectivity index (χ4n) is 2.37. The molecule has 0 atom stereocenters. The molecule has 0 heterocycles. The molecule has 0 spiro atoms. The lowest BCUT2D eigenvalue weighted by atomic mass is 9.75. The molecule has 3 heteroatoms. The Morgan fingerprint density at radius 2 is 1.82 bits per heavy atom. The van der Waals surface area contributed by atoms with Crippen LogP contribution in [0.2, 0.25) is 0 Å². The van der Waals surface area contributed by atoms with Crippen molar-refractivity contribution < 1.29 is 9.53 Å². The molecule has 1 aliphatic carbocycles. The van der Waals surface area contributed by atoms with Crippen molar-refractivity contribution in [3.63, 3.8) is 0 Å². The third-order valence-corrected chi connectivity index (χ3v) is 3.42. The van der Waals surface area contributed by atoms with Crippen LogP contribution in [-0.4, -0.2) is 18.1 Å². The first-order chi connectivity index (χ1) is 7.84.